The number of piperidine rings is 1. The lowest BCUT2D eigenvalue weighted by Crippen LogP contribution is -2.47. The minimum Gasteiger partial charge on any atom is -0.497 e. The van der Waals surface area contributed by atoms with Crippen molar-refractivity contribution in [2.45, 2.75) is 51.8 Å². The predicted molar refractivity (Wildman–Crippen MR) is 171 cm³/mol. The number of amides is 1. The summed E-state index contributed by atoms with van der Waals surface area (Å²) >= 11 is 0. The van der Waals surface area contributed by atoms with E-state index in [4.69, 9.17) is 19.4 Å². The van der Waals surface area contributed by atoms with Crippen LogP contribution in [0.2, 0.25) is 0 Å². The molecule has 0 aliphatic carbocycles. The van der Waals surface area contributed by atoms with Gasteiger partial charge in [-0.1, -0.05) is 18.2 Å². The number of anilines is 2. The van der Waals surface area contributed by atoms with Crippen LogP contribution in [-0.4, -0.2) is 93.5 Å². The summed E-state index contributed by atoms with van der Waals surface area (Å²) in [6.07, 6.45) is 4.75. The van der Waals surface area contributed by atoms with E-state index in [1.807, 2.05) is 62.2 Å². The first kappa shape index (κ1) is 30.6. The fourth-order valence-corrected chi connectivity index (χ4v) is 5.86. The van der Waals surface area contributed by atoms with E-state index < -0.39 is 11.4 Å². The second-order valence-electron chi connectivity index (χ2n) is 12.6. The number of pyridine rings is 1. The summed E-state index contributed by atoms with van der Waals surface area (Å²) in [5, 5.41) is 7.79. The largest absolute Gasteiger partial charge is 0.497 e. The number of benzene rings is 1. The average molecular weight is 617 g/mol. The van der Waals surface area contributed by atoms with Crippen molar-refractivity contribution in [3.8, 4) is 17.1 Å². The molecule has 0 saturated carbocycles. The topological polar surface area (TPSA) is 100 Å². The summed E-state index contributed by atoms with van der Waals surface area (Å²) in [7, 11) is 1.66. The normalized spacial score (nSPS) is 17.8. The van der Waals surface area contributed by atoms with E-state index in [1.54, 1.807) is 22.7 Å². The maximum Gasteiger partial charge on any atom is 0.410 e. The Balaban J connectivity index is 1.24. The Bertz CT molecular complexity index is 1630. The number of carbonyl (C=O) groups excluding carboxylic acids is 1. The van der Waals surface area contributed by atoms with Crippen molar-refractivity contribution in [1.29, 1.82) is 0 Å². The summed E-state index contributed by atoms with van der Waals surface area (Å²) in [5.74, 6) is 1.13. The highest BCUT2D eigenvalue weighted by atomic mass is 19.1. The van der Waals surface area contributed by atoms with Gasteiger partial charge in [-0.25, -0.2) is 19.3 Å². The van der Waals surface area contributed by atoms with Gasteiger partial charge < -0.3 is 24.6 Å². The molecule has 2 fully saturated rings. The Hall–Kier alpha value is -4.45. The van der Waals surface area contributed by atoms with Gasteiger partial charge in [0.2, 0.25) is 5.82 Å². The molecule has 12 heteroatoms. The molecule has 3 aromatic heterocycles. The zero-order valence-electron chi connectivity index (χ0n) is 26.4. The fourth-order valence-electron chi connectivity index (χ4n) is 5.86. The van der Waals surface area contributed by atoms with Gasteiger partial charge >= 0.3 is 6.09 Å². The zero-order valence-corrected chi connectivity index (χ0v) is 26.4. The predicted octanol–water partition coefficient (Wildman–Crippen LogP) is 5.07. The fraction of sp³-hybridized carbons (Fsp3) is 0.455. The second kappa shape index (κ2) is 12.9. The number of hydrogen-bond acceptors (Lipinski definition) is 9. The Morgan fingerprint density at radius 3 is 2.56 bits per heavy atom. The molecule has 45 heavy (non-hydrogen) atoms. The SMILES string of the molecule is COc1ccc(CN2CCN(c3nc(-c4cnn5ccccc45)nc(N[C@@H]4CCCN(C(=O)OC(C)(C)C)C4)c3F)CC2)cc1. The van der Waals surface area contributed by atoms with E-state index in [9.17, 15) is 4.79 Å². The Morgan fingerprint density at radius 2 is 1.82 bits per heavy atom. The van der Waals surface area contributed by atoms with Crippen molar-refractivity contribution in [1.82, 2.24) is 29.4 Å². The second-order valence-corrected chi connectivity index (χ2v) is 12.6. The summed E-state index contributed by atoms with van der Waals surface area (Å²) in [6.45, 7) is 10.1. The van der Waals surface area contributed by atoms with E-state index in [2.05, 4.69) is 27.4 Å². The molecule has 11 nitrogen and oxygen atoms in total. The van der Waals surface area contributed by atoms with Gasteiger partial charge in [0.1, 0.15) is 11.4 Å². The summed E-state index contributed by atoms with van der Waals surface area (Å²) in [6, 6.07) is 13.7. The third-order valence-corrected chi connectivity index (χ3v) is 8.15. The van der Waals surface area contributed by atoms with Crippen molar-refractivity contribution < 1.29 is 18.7 Å². The number of hydrogen-bond donors (Lipinski definition) is 1. The number of carbonyl (C=O) groups is 1. The number of methoxy groups -OCH3 is 1. The number of nitrogens with one attached hydrogen (secondary N) is 1. The number of likely N-dealkylation sites (tertiary alicyclic amines) is 1. The van der Waals surface area contributed by atoms with Gasteiger partial charge in [-0.15, -0.1) is 0 Å². The first-order valence-electron chi connectivity index (χ1n) is 15.5. The molecule has 0 bridgehead atoms. The van der Waals surface area contributed by atoms with E-state index in [0.717, 1.165) is 49.3 Å². The van der Waals surface area contributed by atoms with Gasteiger partial charge in [0.25, 0.3) is 0 Å². The molecule has 5 heterocycles. The van der Waals surface area contributed by atoms with Crippen LogP contribution in [0, 0.1) is 5.82 Å². The molecule has 2 aliphatic heterocycles. The van der Waals surface area contributed by atoms with Crippen molar-refractivity contribution in [2.75, 3.05) is 56.6 Å². The molecule has 4 aromatic rings. The smallest absolute Gasteiger partial charge is 0.410 e. The van der Waals surface area contributed by atoms with E-state index in [-0.39, 0.29) is 23.8 Å². The highest BCUT2D eigenvalue weighted by Gasteiger charge is 2.30. The highest BCUT2D eigenvalue weighted by molar-refractivity contribution is 5.77. The zero-order chi connectivity index (χ0) is 31.6. The molecule has 2 aliphatic rings. The Kier molecular flexibility index (Phi) is 8.75. The van der Waals surface area contributed by atoms with E-state index in [0.29, 0.717) is 32.0 Å². The Morgan fingerprint density at radius 1 is 1.04 bits per heavy atom. The summed E-state index contributed by atoms with van der Waals surface area (Å²) in [4.78, 5) is 28.3. The van der Waals surface area contributed by atoms with Crippen molar-refractivity contribution in [2.24, 2.45) is 0 Å². The molecule has 0 spiro atoms. The number of halogens is 1. The molecule has 1 amide bonds. The van der Waals surface area contributed by atoms with E-state index >= 15 is 4.39 Å². The molecule has 0 radical (unpaired) electrons. The minimum absolute atomic E-state index is 0.127. The van der Waals surface area contributed by atoms with Crippen LogP contribution in [0.5, 0.6) is 5.75 Å². The van der Waals surface area contributed by atoms with Crippen LogP contribution in [0.4, 0.5) is 20.8 Å². The maximum atomic E-state index is 16.4. The van der Waals surface area contributed by atoms with Crippen molar-refractivity contribution in [3.63, 3.8) is 0 Å². The number of nitrogens with zero attached hydrogens (tertiary/aromatic N) is 7. The lowest BCUT2D eigenvalue weighted by Gasteiger charge is -2.36. The number of ether oxygens (including phenoxy) is 2. The summed E-state index contributed by atoms with van der Waals surface area (Å²) in [5.41, 5.74) is 2.16. The van der Waals surface area contributed by atoms with Gasteiger partial charge in [-0.05, 0) is 63.4 Å². The third kappa shape index (κ3) is 7.11. The first-order valence-corrected chi connectivity index (χ1v) is 15.5. The Labute approximate surface area is 263 Å². The molecular formula is C33H41FN8O3. The van der Waals surface area contributed by atoms with Crippen LogP contribution in [0.25, 0.3) is 16.9 Å². The van der Waals surface area contributed by atoms with Crippen LogP contribution in [-0.2, 0) is 11.3 Å². The summed E-state index contributed by atoms with van der Waals surface area (Å²) < 4.78 is 29.0. The number of rotatable bonds is 7. The standard InChI is InChI=1S/C33H41FN8O3/c1-33(2,3)45-32(43)41-14-7-8-24(22-41)36-30-28(34)31(38-29(37-30)26-20-35-42-15-6-5-9-27(26)42)40-18-16-39(17-19-40)21-23-10-12-25(44-4)13-11-23/h5-6,9-13,15,20,24H,7-8,14,16-19,21-22H2,1-4H3,(H,36,37,38)/t24-/m1/s1. The molecule has 2 saturated heterocycles. The van der Waals surface area contributed by atoms with Crippen molar-refractivity contribution >= 4 is 23.2 Å². The van der Waals surface area contributed by atoms with Crippen LogP contribution < -0.4 is 15.0 Å². The lowest BCUT2D eigenvalue weighted by atomic mass is 10.1. The van der Waals surface area contributed by atoms with Crippen molar-refractivity contribution in [3.05, 3.63) is 66.2 Å². The molecule has 6 rings (SSSR count). The minimum atomic E-state index is -0.590. The van der Waals surface area contributed by atoms with Crippen LogP contribution in [0.15, 0.2) is 54.9 Å². The van der Waals surface area contributed by atoms with Gasteiger partial charge in [-0.2, -0.15) is 9.49 Å². The molecule has 1 N–H and O–H groups in total. The maximum absolute atomic E-state index is 16.4. The number of aromatic nitrogens is 4. The van der Waals surface area contributed by atoms with Gasteiger partial charge in [0.05, 0.1) is 24.4 Å². The molecule has 238 valence electrons. The van der Waals surface area contributed by atoms with Gasteiger partial charge in [-0.3, -0.25) is 4.90 Å². The molecule has 1 aromatic carbocycles. The molecule has 0 unspecified atom stereocenters. The average Bonchev–Trinajstić information content (AvgIpc) is 3.47. The lowest BCUT2D eigenvalue weighted by molar-refractivity contribution is 0.0206. The van der Waals surface area contributed by atoms with Gasteiger partial charge in [0.15, 0.2) is 17.5 Å². The third-order valence-electron chi connectivity index (χ3n) is 8.15. The van der Waals surface area contributed by atoms with E-state index in [1.165, 1.54) is 5.56 Å². The van der Waals surface area contributed by atoms with Gasteiger partial charge in [0, 0.05) is 58.1 Å². The van der Waals surface area contributed by atoms with Crippen LogP contribution in [0.1, 0.15) is 39.2 Å². The van der Waals surface area contributed by atoms with Crippen LogP contribution in [0.3, 0.4) is 0 Å². The quantitative estimate of drug-likeness (QED) is 0.305. The molecule has 1 atom stereocenters. The van der Waals surface area contributed by atoms with Crippen LogP contribution >= 0.6 is 0 Å². The number of piperazine rings is 1. The highest BCUT2D eigenvalue weighted by Crippen LogP contribution is 2.31. The number of fused-ring (bicyclic) bond motifs is 1. The molecular weight excluding hydrogens is 575 g/mol. The first-order chi connectivity index (χ1) is 21.7. The monoisotopic (exact) mass is 616 g/mol.